The molecule has 150 valence electrons. The van der Waals surface area contributed by atoms with E-state index in [9.17, 15) is 15.2 Å². The second kappa shape index (κ2) is 8.01. The number of carbonyl (C=O) groups excluding carboxylic acids is 1. The Morgan fingerprint density at radius 2 is 2.24 bits per heavy atom. The highest BCUT2D eigenvalue weighted by Crippen LogP contribution is 2.38. The van der Waals surface area contributed by atoms with Crippen LogP contribution in [0, 0.1) is 17.2 Å². The normalized spacial score (nSPS) is 15.5. The second-order valence-corrected chi connectivity index (χ2v) is 7.30. The van der Waals surface area contributed by atoms with Crippen molar-refractivity contribution in [2.75, 3.05) is 0 Å². The van der Waals surface area contributed by atoms with E-state index in [-0.39, 0.29) is 18.5 Å². The summed E-state index contributed by atoms with van der Waals surface area (Å²) in [7, 11) is 0. The number of hydrogen-bond acceptors (Lipinski definition) is 7. The maximum atomic E-state index is 11.5. The number of nitrogens with zero attached hydrogens (tertiary/aromatic N) is 5. The molecule has 1 aliphatic carbocycles. The predicted molar refractivity (Wildman–Crippen MR) is 104 cm³/mol. The summed E-state index contributed by atoms with van der Waals surface area (Å²) < 4.78 is 7.14. The van der Waals surface area contributed by atoms with E-state index >= 15 is 0 Å². The fourth-order valence-corrected chi connectivity index (χ4v) is 4.12. The van der Waals surface area contributed by atoms with Crippen molar-refractivity contribution >= 4 is 17.0 Å². The molecule has 29 heavy (non-hydrogen) atoms. The van der Waals surface area contributed by atoms with Crippen LogP contribution in [0.15, 0.2) is 18.6 Å². The highest BCUT2D eigenvalue weighted by atomic mass is 16.5. The SMILES string of the molecule is CC(=O)Oc1c[nH]c2nc(CO)nc(-c3cnn([C@H](CC#N)C4CCCC4)c3)c12. The first-order valence-electron chi connectivity index (χ1n) is 9.69. The largest absolute Gasteiger partial charge is 0.424 e. The molecule has 2 N–H and O–H groups in total. The molecule has 3 aromatic heterocycles. The van der Waals surface area contributed by atoms with Gasteiger partial charge < -0.3 is 14.8 Å². The standard InChI is InChI=1S/C20H22N6O3/c1-12(28)29-16-9-22-20-18(16)19(24-17(11-27)25-20)14-8-23-26(10-14)15(6-7-21)13-4-2-3-5-13/h8-10,13,15,27H,2-6,11H2,1H3,(H,22,24,25)/t15-/m1/s1. The summed E-state index contributed by atoms with van der Waals surface area (Å²) in [6.45, 7) is 1.01. The van der Waals surface area contributed by atoms with Crippen molar-refractivity contribution in [3.05, 3.63) is 24.4 Å². The first-order chi connectivity index (χ1) is 14.1. The molecular weight excluding hydrogens is 372 g/mol. The molecule has 4 rings (SSSR count). The lowest BCUT2D eigenvalue weighted by Crippen LogP contribution is -2.17. The predicted octanol–water partition coefficient (Wildman–Crippen LogP) is 2.88. The Morgan fingerprint density at radius 1 is 1.45 bits per heavy atom. The van der Waals surface area contributed by atoms with Crippen molar-refractivity contribution in [1.29, 1.82) is 5.26 Å². The van der Waals surface area contributed by atoms with Gasteiger partial charge in [0.15, 0.2) is 11.6 Å². The van der Waals surface area contributed by atoms with Gasteiger partial charge in [0.1, 0.15) is 12.3 Å². The third-order valence-corrected chi connectivity index (χ3v) is 5.40. The summed E-state index contributed by atoms with van der Waals surface area (Å²) in [5, 5.41) is 23.9. The third-order valence-electron chi connectivity index (χ3n) is 5.40. The van der Waals surface area contributed by atoms with Crippen molar-refractivity contribution < 1.29 is 14.6 Å². The molecule has 1 aliphatic rings. The molecule has 0 spiro atoms. The molecule has 0 radical (unpaired) electrons. The maximum absolute atomic E-state index is 11.5. The van der Waals surface area contributed by atoms with Crippen LogP contribution >= 0.6 is 0 Å². The number of nitrogens with one attached hydrogen (secondary N) is 1. The van der Waals surface area contributed by atoms with Gasteiger partial charge in [0.05, 0.1) is 35.8 Å². The Hall–Kier alpha value is -3.25. The highest BCUT2D eigenvalue weighted by Gasteiger charge is 2.27. The van der Waals surface area contributed by atoms with Crippen LogP contribution in [0.2, 0.25) is 0 Å². The zero-order valence-electron chi connectivity index (χ0n) is 16.1. The number of esters is 1. The maximum Gasteiger partial charge on any atom is 0.308 e. The van der Waals surface area contributed by atoms with E-state index in [4.69, 9.17) is 4.74 Å². The Kier molecular flexibility index (Phi) is 5.27. The van der Waals surface area contributed by atoms with Gasteiger partial charge in [-0.2, -0.15) is 10.4 Å². The molecule has 0 saturated heterocycles. The summed E-state index contributed by atoms with van der Waals surface area (Å²) in [4.78, 5) is 23.2. The zero-order valence-corrected chi connectivity index (χ0v) is 16.1. The number of H-pyrrole nitrogens is 1. The van der Waals surface area contributed by atoms with Gasteiger partial charge in [0, 0.05) is 24.9 Å². The molecular formula is C20H22N6O3. The van der Waals surface area contributed by atoms with E-state index in [1.165, 1.54) is 19.8 Å². The summed E-state index contributed by atoms with van der Waals surface area (Å²) in [5.74, 6) is 0.559. The quantitative estimate of drug-likeness (QED) is 0.615. The van der Waals surface area contributed by atoms with Crippen LogP contribution in [0.5, 0.6) is 5.75 Å². The van der Waals surface area contributed by atoms with Gasteiger partial charge in [-0.05, 0) is 18.8 Å². The van der Waals surface area contributed by atoms with Crippen LogP contribution in [0.3, 0.4) is 0 Å². The van der Waals surface area contributed by atoms with Crippen LogP contribution in [0.4, 0.5) is 0 Å². The van der Waals surface area contributed by atoms with E-state index in [0.29, 0.717) is 40.4 Å². The second-order valence-electron chi connectivity index (χ2n) is 7.30. The lowest BCUT2D eigenvalue weighted by molar-refractivity contribution is -0.131. The van der Waals surface area contributed by atoms with Gasteiger partial charge in [-0.15, -0.1) is 0 Å². The number of aliphatic hydroxyl groups excluding tert-OH is 1. The van der Waals surface area contributed by atoms with Crippen LogP contribution in [0.1, 0.15) is 50.9 Å². The number of nitriles is 1. The number of hydrogen-bond donors (Lipinski definition) is 2. The number of carbonyl (C=O) groups is 1. The Bertz CT molecular complexity index is 1070. The molecule has 0 unspecified atom stereocenters. The number of ether oxygens (including phenoxy) is 1. The first kappa shape index (κ1) is 19.1. The van der Waals surface area contributed by atoms with Gasteiger partial charge >= 0.3 is 5.97 Å². The smallest absolute Gasteiger partial charge is 0.308 e. The minimum atomic E-state index is -0.450. The summed E-state index contributed by atoms with van der Waals surface area (Å²) in [6.07, 6.45) is 10.1. The van der Waals surface area contributed by atoms with Crippen molar-refractivity contribution in [1.82, 2.24) is 24.7 Å². The summed E-state index contributed by atoms with van der Waals surface area (Å²) >= 11 is 0. The van der Waals surface area contributed by atoms with Crippen LogP contribution in [-0.4, -0.2) is 35.8 Å². The van der Waals surface area contributed by atoms with Gasteiger partial charge in [0.25, 0.3) is 0 Å². The molecule has 9 nitrogen and oxygen atoms in total. The topological polar surface area (TPSA) is 130 Å². The van der Waals surface area contributed by atoms with E-state index in [1.807, 2.05) is 10.9 Å². The number of rotatable bonds is 6. The van der Waals surface area contributed by atoms with Crippen molar-refractivity contribution in [3.8, 4) is 23.1 Å². The molecule has 0 aliphatic heterocycles. The number of aromatic nitrogens is 5. The lowest BCUT2D eigenvalue weighted by Gasteiger charge is -2.21. The Balaban J connectivity index is 1.79. The fraction of sp³-hybridized carbons (Fsp3) is 0.450. The molecule has 3 heterocycles. The number of aromatic amines is 1. The molecule has 0 aromatic carbocycles. The average Bonchev–Trinajstić information content (AvgIpc) is 3.46. The summed E-state index contributed by atoms with van der Waals surface area (Å²) in [5.41, 5.74) is 1.69. The first-order valence-corrected chi connectivity index (χ1v) is 9.69. The average molecular weight is 394 g/mol. The number of fused-ring (bicyclic) bond motifs is 1. The molecule has 1 fully saturated rings. The van der Waals surface area contributed by atoms with E-state index in [0.717, 1.165) is 12.8 Å². The van der Waals surface area contributed by atoms with E-state index < -0.39 is 5.97 Å². The molecule has 9 heteroatoms. The van der Waals surface area contributed by atoms with Crippen molar-refractivity contribution in [3.63, 3.8) is 0 Å². The minimum absolute atomic E-state index is 0.0186. The Labute approximate surface area is 167 Å². The fourth-order valence-electron chi connectivity index (χ4n) is 4.12. The zero-order chi connectivity index (χ0) is 20.4. The third kappa shape index (κ3) is 3.71. The van der Waals surface area contributed by atoms with E-state index in [2.05, 4.69) is 26.1 Å². The van der Waals surface area contributed by atoms with Crippen LogP contribution in [-0.2, 0) is 11.4 Å². The van der Waals surface area contributed by atoms with E-state index in [1.54, 1.807) is 12.4 Å². The molecule has 1 atom stereocenters. The van der Waals surface area contributed by atoms with Crippen LogP contribution < -0.4 is 4.74 Å². The molecule has 0 amide bonds. The van der Waals surface area contributed by atoms with Crippen molar-refractivity contribution in [2.24, 2.45) is 5.92 Å². The van der Waals surface area contributed by atoms with Gasteiger partial charge in [-0.25, -0.2) is 9.97 Å². The minimum Gasteiger partial charge on any atom is -0.424 e. The van der Waals surface area contributed by atoms with Gasteiger partial charge in [0.2, 0.25) is 0 Å². The lowest BCUT2D eigenvalue weighted by atomic mass is 9.96. The number of aliphatic hydroxyl groups is 1. The van der Waals surface area contributed by atoms with Gasteiger partial charge in [-0.1, -0.05) is 12.8 Å². The highest BCUT2D eigenvalue weighted by molar-refractivity contribution is 5.96. The Morgan fingerprint density at radius 3 is 2.93 bits per heavy atom. The summed E-state index contributed by atoms with van der Waals surface area (Å²) in [6, 6.07) is 2.30. The molecule has 0 bridgehead atoms. The van der Waals surface area contributed by atoms with Crippen molar-refractivity contribution in [2.45, 2.75) is 51.7 Å². The molecule has 3 aromatic rings. The monoisotopic (exact) mass is 394 g/mol. The van der Waals surface area contributed by atoms with Gasteiger partial charge in [-0.3, -0.25) is 9.48 Å². The molecule has 1 saturated carbocycles. The van der Waals surface area contributed by atoms with Crippen LogP contribution in [0.25, 0.3) is 22.3 Å².